The predicted molar refractivity (Wildman–Crippen MR) is 92.1 cm³/mol. The number of ether oxygens (including phenoxy) is 1. The summed E-state index contributed by atoms with van der Waals surface area (Å²) in [6.45, 7) is 6.08. The van der Waals surface area contributed by atoms with Gasteiger partial charge in [0.1, 0.15) is 0 Å². The van der Waals surface area contributed by atoms with Crippen LogP contribution in [-0.4, -0.2) is 71.2 Å². The van der Waals surface area contributed by atoms with Gasteiger partial charge in [0, 0.05) is 32.4 Å². The first-order valence-corrected chi connectivity index (χ1v) is 9.31. The molecule has 2 fully saturated rings. The molecule has 2 saturated heterocycles. The summed E-state index contributed by atoms with van der Waals surface area (Å²) in [5.74, 6) is 0.163. The van der Waals surface area contributed by atoms with Crippen LogP contribution >= 0.6 is 11.8 Å². The Labute approximate surface area is 146 Å². The van der Waals surface area contributed by atoms with Crippen LogP contribution in [0.4, 0.5) is 0 Å². The number of morpholine rings is 1. The smallest absolute Gasteiger partial charge is 0.255 e. The molecular formula is C17H23N3O3S. The molecule has 130 valence electrons. The van der Waals surface area contributed by atoms with E-state index in [1.165, 1.54) is 11.8 Å². The number of carbonyl (C=O) groups is 2. The minimum absolute atomic E-state index is 0.0500. The van der Waals surface area contributed by atoms with Gasteiger partial charge in [0.15, 0.2) is 0 Å². The van der Waals surface area contributed by atoms with Crippen LogP contribution in [0.15, 0.2) is 23.4 Å². The van der Waals surface area contributed by atoms with E-state index in [1.54, 1.807) is 6.20 Å². The highest BCUT2D eigenvalue weighted by Gasteiger charge is 2.24. The number of rotatable bonds is 4. The lowest BCUT2D eigenvalue weighted by Gasteiger charge is -2.28. The molecule has 1 aromatic rings. The first kappa shape index (κ1) is 17.2. The predicted octanol–water partition coefficient (Wildman–Crippen LogP) is 1.66. The van der Waals surface area contributed by atoms with E-state index < -0.39 is 0 Å². The number of nitrogens with zero attached hydrogens (tertiary/aromatic N) is 3. The number of hydrogen-bond donors (Lipinski definition) is 0. The van der Waals surface area contributed by atoms with Crippen molar-refractivity contribution >= 4 is 23.6 Å². The van der Waals surface area contributed by atoms with E-state index in [9.17, 15) is 9.59 Å². The summed E-state index contributed by atoms with van der Waals surface area (Å²) < 4.78 is 5.28. The van der Waals surface area contributed by atoms with Crippen molar-refractivity contribution in [2.75, 3.05) is 39.4 Å². The van der Waals surface area contributed by atoms with Crippen LogP contribution in [0.25, 0.3) is 0 Å². The minimum Gasteiger partial charge on any atom is -0.378 e. The summed E-state index contributed by atoms with van der Waals surface area (Å²) >= 11 is 1.43. The van der Waals surface area contributed by atoms with Crippen molar-refractivity contribution < 1.29 is 14.3 Å². The van der Waals surface area contributed by atoms with E-state index in [2.05, 4.69) is 4.98 Å². The molecule has 0 spiro atoms. The van der Waals surface area contributed by atoms with E-state index in [-0.39, 0.29) is 17.1 Å². The van der Waals surface area contributed by atoms with E-state index in [4.69, 9.17) is 4.74 Å². The van der Waals surface area contributed by atoms with Crippen LogP contribution in [0.3, 0.4) is 0 Å². The average Bonchev–Trinajstić information content (AvgIpc) is 3.16. The fourth-order valence-corrected chi connectivity index (χ4v) is 3.82. The zero-order chi connectivity index (χ0) is 16.9. The van der Waals surface area contributed by atoms with Crippen LogP contribution in [0.2, 0.25) is 0 Å². The van der Waals surface area contributed by atoms with Crippen LogP contribution in [0, 0.1) is 0 Å². The lowest BCUT2D eigenvalue weighted by atomic mass is 10.2. The Balaban J connectivity index is 1.57. The molecular weight excluding hydrogens is 326 g/mol. The largest absolute Gasteiger partial charge is 0.378 e. The molecule has 0 unspecified atom stereocenters. The highest BCUT2D eigenvalue weighted by Crippen LogP contribution is 2.23. The normalized spacial score (nSPS) is 19.4. The van der Waals surface area contributed by atoms with Gasteiger partial charge >= 0.3 is 0 Å². The molecule has 1 atom stereocenters. The molecule has 2 aliphatic heterocycles. The first-order chi connectivity index (χ1) is 11.6. The molecule has 3 heterocycles. The zero-order valence-corrected chi connectivity index (χ0v) is 14.8. The third-order valence-electron chi connectivity index (χ3n) is 4.34. The quantitative estimate of drug-likeness (QED) is 0.774. The second kappa shape index (κ2) is 7.98. The fraction of sp³-hybridized carbons (Fsp3) is 0.588. The summed E-state index contributed by atoms with van der Waals surface area (Å²) in [7, 11) is 0. The molecule has 0 aliphatic carbocycles. The third kappa shape index (κ3) is 4.08. The number of pyridine rings is 1. The molecule has 24 heavy (non-hydrogen) atoms. The van der Waals surface area contributed by atoms with Gasteiger partial charge in [-0.15, -0.1) is 0 Å². The van der Waals surface area contributed by atoms with Gasteiger partial charge in [0.2, 0.25) is 5.91 Å². The van der Waals surface area contributed by atoms with Gasteiger partial charge in [-0.05, 0) is 31.9 Å². The van der Waals surface area contributed by atoms with Crippen molar-refractivity contribution in [3.8, 4) is 0 Å². The topological polar surface area (TPSA) is 62.7 Å². The van der Waals surface area contributed by atoms with Crippen molar-refractivity contribution in [3.63, 3.8) is 0 Å². The Morgan fingerprint density at radius 1 is 1.12 bits per heavy atom. The highest BCUT2D eigenvalue weighted by atomic mass is 32.2. The second-order valence-electron chi connectivity index (χ2n) is 6.08. The minimum atomic E-state index is -0.198. The van der Waals surface area contributed by atoms with Gasteiger partial charge in [0.25, 0.3) is 5.91 Å². The van der Waals surface area contributed by atoms with Gasteiger partial charge < -0.3 is 14.5 Å². The van der Waals surface area contributed by atoms with Crippen LogP contribution in [0.5, 0.6) is 0 Å². The molecule has 0 N–H and O–H groups in total. The van der Waals surface area contributed by atoms with Crippen molar-refractivity contribution in [2.24, 2.45) is 0 Å². The third-order valence-corrected chi connectivity index (χ3v) is 5.38. The van der Waals surface area contributed by atoms with Crippen molar-refractivity contribution in [1.82, 2.24) is 14.8 Å². The maximum atomic E-state index is 12.4. The monoisotopic (exact) mass is 349 g/mol. The van der Waals surface area contributed by atoms with Gasteiger partial charge in [-0.3, -0.25) is 9.59 Å². The van der Waals surface area contributed by atoms with E-state index in [0.29, 0.717) is 31.9 Å². The van der Waals surface area contributed by atoms with Gasteiger partial charge in [0.05, 0.1) is 29.1 Å². The molecule has 2 aliphatic rings. The Bertz CT molecular complexity index is 581. The van der Waals surface area contributed by atoms with E-state index >= 15 is 0 Å². The molecule has 6 nitrogen and oxygen atoms in total. The zero-order valence-electron chi connectivity index (χ0n) is 13.9. The number of aromatic nitrogens is 1. The SMILES string of the molecule is C[C@H](Sc1ccc(C(=O)N2CCCC2)cn1)C(=O)N1CCOCC1. The lowest BCUT2D eigenvalue weighted by Crippen LogP contribution is -2.44. The van der Waals surface area contributed by atoms with Gasteiger partial charge in [-0.1, -0.05) is 11.8 Å². The van der Waals surface area contributed by atoms with Crippen LogP contribution in [-0.2, 0) is 9.53 Å². The molecule has 2 amide bonds. The van der Waals surface area contributed by atoms with Crippen LogP contribution < -0.4 is 0 Å². The molecule has 7 heteroatoms. The molecule has 0 bridgehead atoms. The maximum Gasteiger partial charge on any atom is 0.255 e. The Hall–Kier alpha value is -1.60. The molecule has 1 aromatic heterocycles. The van der Waals surface area contributed by atoms with E-state index in [1.807, 2.05) is 28.9 Å². The second-order valence-corrected chi connectivity index (χ2v) is 7.44. The summed E-state index contributed by atoms with van der Waals surface area (Å²) in [6, 6.07) is 3.64. The number of carbonyl (C=O) groups excluding carboxylic acids is 2. The van der Waals surface area contributed by atoms with Gasteiger partial charge in [-0.2, -0.15) is 0 Å². The lowest BCUT2D eigenvalue weighted by molar-refractivity contribution is -0.134. The van der Waals surface area contributed by atoms with Crippen molar-refractivity contribution in [2.45, 2.75) is 30.0 Å². The summed E-state index contributed by atoms with van der Waals surface area (Å²) in [5, 5.41) is 0.567. The number of hydrogen-bond acceptors (Lipinski definition) is 5. The summed E-state index contributed by atoms with van der Waals surface area (Å²) in [5.41, 5.74) is 0.619. The van der Waals surface area contributed by atoms with E-state index in [0.717, 1.165) is 31.0 Å². The molecule has 0 saturated carbocycles. The summed E-state index contributed by atoms with van der Waals surface area (Å²) in [6.07, 6.45) is 3.78. The number of amides is 2. The Morgan fingerprint density at radius 3 is 2.46 bits per heavy atom. The standard InChI is InChI=1S/C17H23N3O3S/c1-13(16(21)20-8-10-23-11-9-20)24-15-5-4-14(12-18-15)17(22)19-6-2-3-7-19/h4-5,12-13H,2-3,6-11H2,1H3/t13-/m0/s1. The summed E-state index contributed by atoms with van der Waals surface area (Å²) in [4.78, 5) is 32.8. The first-order valence-electron chi connectivity index (χ1n) is 8.43. The fourth-order valence-electron chi connectivity index (χ4n) is 2.95. The molecule has 0 radical (unpaired) electrons. The highest BCUT2D eigenvalue weighted by molar-refractivity contribution is 8.00. The average molecular weight is 349 g/mol. The van der Waals surface area contributed by atoms with Gasteiger partial charge in [-0.25, -0.2) is 4.98 Å². The van der Waals surface area contributed by atoms with Crippen molar-refractivity contribution in [3.05, 3.63) is 23.9 Å². The Morgan fingerprint density at radius 2 is 1.83 bits per heavy atom. The molecule has 0 aromatic carbocycles. The van der Waals surface area contributed by atoms with Crippen molar-refractivity contribution in [1.29, 1.82) is 0 Å². The molecule has 3 rings (SSSR count). The van der Waals surface area contributed by atoms with Crippen LogP contribution in [0.1, 0.15) is 30.1 Å². The maximum absolute atomic E-state index is 12.4. The number of likely N-dealkylation sites (tertiary alicyclic amines) is 1. The Kier molecular flexibility index (Phi) is 5.73. The number of thioether (sulfide) groups is 1.